The summed E-state index contributed by atoms with van der Waals surface area (Å²) in [4.78, 5) is 16.5. The first-order valence-electron chi connectivity index (χ1n) is 5.24. The molecule has 1 aromatic carbocycles. The monoisotopic (exact) mass is 262 g/mol. The van der Waals surface area contributed by atoms with Crippen LogP contribution in [0.15, 0.2) is 17.6 Å². The average molecular weight is 262 g/mol. The first-order chi connectivity index (χ1) is 8.65. The number of thiazole rings is 1. The molecule has 0 atom stereocenters. The number of nitrogens with zero attached hydrogens (tertiary/aromatic N) is 4. The largest absolute Gasteiger partial charge is 0.368 e. The summed E-state index contributed by atoms with van der Waals surface area (Å²) in [6, 6.07) is 5.55. The predicted octanol–water partition coefficient (Wildman–Crippen LogP) is 2.55. The van der Waals surface area contributed by atoms with Crippen molar-refractivity contribution in [2.75, 3.05) is 18.5 Å². The molecule has 1 aromatic heterocycles. The summed E-state index contributed by atoms with van der Waals surface area (Å²) >= 11 is 1.37. The van der Waals surface area contributed by atoms with E-state index in [1.807, 2.05) is 12.1 Å². The maximum Gasteiger partial charge on any atom is 0.319 e. The zero-order valence-electron chi connectivity index (χ0n) is 9.66. The van der Waals surface area contributed by atoms with Crippen LogP contribution in [0.5, 0.6) is 0 Å². The van der Waals surface area contributed by atoms with Crippen LogP contribution in [0.1, 0.15) is 6.42 Å². The van der Waals surface area contributed by atoms with E-state index in [0.29, 0.717) is 24.2 Å². The van der Waals surface area contributed by atoms with E-state index in [1.54, 1.807) is 23.5 Å². The Kier molecular flexibility index (Phi) is 3.39. The van der Waals surface area contributed by atoms with Crippen molar-refractivity contribution in [3.05, 3.63) is 27.8 Å². The van der Waals surface area contributed by atoms with Gasteiger partial charge in [0.2, 0.25) is 0 Å². The van der Waals surface area contributed by atoms with Crippen molar-refractivity contribution < 1.29 is 4.92 Å². The molecule has 0 radical (unpaired) electrons. The van der Waals surface area contributed by atoms with Gasteiger partial charge in [-0.3, -0.25) is 10.1 Å². The summed E-state index contributed by atoms with van der Waals surface area (Å²) in [7, 11) is 1.73. The maximum atomic E-state index is 11.2. The van der Waals surface area contributed by atoms with Gasteiger partial charge in [-0.1, -0.05) is 0 Å². The molecule has 0 spiro atoms. The second-order valence-electron chi connectivity index (χ2n) is 3.72. The molecule has 2 aromatic rings. The number of hydrogen-bond acceptors (Lipinski definition) is 6. The molecule has 0 fully saturated rings. The van der Waals surface area contributed by atoms with Crippen LogP contribution in [0.25, 0.3) is 10.2 Å². The summed E-state index contributed by atoms with van der Waals surface area (Å²) in [5.74, 6) is 0. The van der Waals surface area contributed by atoms with Crippen molar-refractivity contribution in [2.45, 2.75) is 6.42 Å². The standard InChI is InChI=1S/C11H10N4O2S/c1-14(6-2-5-12)8-3-4-9-10(13-7-18-9)11(8)15(16)17/h3-4,7H,2,6H2,1H3. The molecule has 2 rings (SSSR count). The van der Waals surface area contributed by atoms with Crippen molar-refractivity contribution in [3.63, 3.8) is 0 Å². The van der Waals surface area contributed by atoms with E-state index >= 15 is 0 Å². The highest BCUT2D eigenvalue weighted by Crippen LogP contribution is 2.36. The topological polar surface area (TPSA) is 83.1 Å². The van der Waals surface area contributed by atoms with Gasteiger partial charge in [-0.15, -0.1) is 11.3 Å². The molecule has 7 heteroatoms. The molecule has 0 aliphatic carbocycles. The normalized spacial score (nSPS) is 10.2. The Balaban J connectivity index is 2.53. The first kappa shape index (κ1) is 12.3. The highest BCUT2D eigenvalue weighted by Gasteiger charge is 2.22. The number of fused-ring (bicyclic) bond motifs is 1. The number of nitro benzene ring substituents is 1. The second-order valence-corrected chi connectivity index (χ2v) is 4.61. The molecule has 0 saturated carbocycles. The maximum absolute atomic E-state index is 11.2. The van der Waals surface area contributed by atoms with Crippen LogP contribution in [0, 0.1) is 21.4 Å². The van der Waals surface area contributed by atoms with Gasteiger partial charge >= 0.3 is 5.69 Å². The smallest absolute Gasteiger partial charge is 0.319 e. The van der Waals surface area contributed by atoms with Gasteiger partial charge in [0, 0.05) is 13.6 Å². The zero-order valence-corrected chi connectivity index (χ0v) is 10.5. The average Bonchev–Trinajstić information content (AvgIpc) is 2.82. The molecule has 1 heterocycles. The van der Waals surface area contributed by atoms with Gasteiger partial charge in [0.05, 0.1) is 27.6 Å². The highest BCUT2D eigenvalue weighted by atomic mass is 32.1. The molecule has 0 saturated heterocycles. The van der Waals surface area contributed by atoms with E-state index in [9.17, 15) is 10.1 Å². The fraction of sp³-hybridized carbons (Fsp3) is 0.273. The molecule has 0 aliphatic rings. The Morgan fingerprint density at radius 3 is 3.06 bits per heavy atom. The SMILES string of the molecule is CN(CCC#N)c1ccc2scnc2c1[N+](=O)[O-]. The van der Waals surface area contributed by atoms with Crippen LogP contribution in [-0.4, -0.2) is 23.5 Å². The summed E-state index contributed by atoms with van der Waals surface area (Å²) in [6.45, 7) is 0.451. The molecule has 92 valence electrons. The Morgan fingerprint density at radius 1 is 1.61 bits per heavy atom. The summed E-state index contributed by atoms with van der Waals surface area (Å²) in [5.41, 5.74) is 2.51. The van der Waals surface area contributed by atoms with E-state index in [2.05, 4.69) is 4.98 Å². The molecule has 0 aliphatic heterocycles. The minimum Gasteiger partial charge on any atom is -0.368 e. The molecule has 0 bridgehead atoms. The summed E-state index contributed by atoms with van der Waals surface area (Å²) in [6.07, 6.45) is 0.322. The Hall–Kier alpha value is -2.20. The van der Waals surface area contributed by atoms with Crippen LogP contribution in [-0.2, 0) is 0 Å². The van der Waals surface area contributed by atoms with Crippen molar-refractivity contribution in [1.82, 2.24) is 4.98 Å². The van der Waals surface area contributed by atoms with E-state index in [0.717, 1.165) is 4.70 Å². The Labute approximate surface area is 107 Å². The van der Waals surface area contributed by atoms with Crippen LogP contribution in [0.3, 0.4) is 0 Å². The van der Waals surface area contributed by atoms with Gasteiger partial charge in [0.25, 0.3) is 0 Å². The molecular weight excluding hydrogens is 252 g/mol. The molecule has 0 amide bonds. The van der Waals surface area contributed by atoms with Crippen LogP contribution < -0.4 is 4.90 Å². The van der Waals surface area contributed by atoms with Crippen LogP contribution in [0.4, 0.5) is 11.4 Å². The van der Waals surface area contributed by atoms with E-state index < -0.39 is 4.92 Å². The lowest BCUT2D eigenvalue weighted by atomic mass is 10.2. The van der Waals surface area contributed by atoms with Gasteiger partial charge in [-0.25, -0.2) is 4.98 Å². The lowest BCUT2D eigenvalue weighted by Crippen LogP contribution is -2.19. The second kappa shape index (κ2) is 4.98. The third-order valence-electron chi connectivity index (χ3n) is 2.61. The summed E-state index contributed by atoms with van der Waals surface area (Å²) in [5, 5.41) is 19.7. The third kappa shape index (κ3) is 2.10. The number of aromatic nitrogens is 1. The fourth-order valence-corrected chi connectivity index (χ4v) is 2.41. The van der Waals surface area contributed by atoms with E-state index in [1.165, 1.54) is 11.3 Å². The zero-order chi connectivity index (χ0) is 13.1. The quantitative estimate of drug-likeness (QED) is 0.624. The fourth-order valence-electron chi connectivity index (χ4n) is 1.73. The lowest BCUT2D eigenvalue weighted by Gasteiger charge is -2.17. The molecular formula is C11H10N4O2S. The van der Waals surface area contributed by atoms with Gasteiger partial charge in [-0.05, 0) is 12.1 Å². The molecule has 0 unspecified atom stereocenters. The number of nitro groups is 1. The van der Waals surface area contributed by atoms with Crippen molar-refractivity contribution in [3.8, 4) is 6.07 Å². The van der Waals surface area contributed by atoms with Gasteiger partial charge in [0.1, 0.15) is 5.69 Å². The van der Waals surface area contributed by atoms with Gasteiger partial charge in [-0.2, -0.15) is 5.26 Å². The first-order valence-corrected chi connectivity index (χ1v) is 6.11. The number of hydrogen-bond donors (Lipinski definition) is 0. The van der Waals surface area contributed by atoms with Crippen LogP contribution in [0.2, 0.25) is 0 Å². The van der Waals surface area contributed by atoms with Crippen molar-refractivity contribution in [1.29, 1.82) is 5.26 Å². The minimum atomic E-state index is -0.416. The highest BCUT2D eigenvalue weighted by molar-refractivity contribution is 7.16. The summed E-state index contributed by atoms with van der Waals surface area (Å²) < 4.78 is 0.791. The van der Waals surface area contributed by atoms with E-state index in [4.69, 9.17) is 5.26 Å². The Morgan fingerprint density at radius 2 is 2.39 bits per heavy atom. The Bertz CT molecular complexity index is 631. The minimum absolute atomic E-state index is 0.00851. The molecule has 6 nitrogen and oxygen atoms in total. The molecule has 0 N–H and O–H groups in total. The lowest BCUT2D eigenvalue weighted by molar-refractivity contribution is -0.382. The number of nitriles is 1. The third-order valence-corrected chi connectivity index (χ3v) is 3.40. The van der Waals surface area contributed by atoms with Crippen molar-refractivity contribution in [2.24, 2.45) is 0 Å². The molecule has 18 heavy (non-hydrogen) atoms. The predicted molar refractivity (Wildman–Crippen MR) is 69.8 cm³/mol. The number of benzene rings is 1. The van der Waals surface area contributed by atoms with Gasteiger partial charge < -0.3 is 4.90 Å². The van der Waals surface area contributed by atoms with Crippen molar-refractivity contribution >= 4 is 32.9 Å². The van der Waals surface area contributed by atoms with Crippen LogP contribution >= 0.6 is 11.3 Å². The number of rotatable bonds is 4. The van der Waals surface area contributed by atoms with Gasteiger partial charge in [0.15, 0.2) is 5.52 Å². The van der Waals surface area contributed by atoms with E-state index in [-0.39, 0.29) is 5.69 Å². The number of anilines is 1.